The fourth-order valence-electron chi connectivity index (χ4n) is 2.47. The molecule has 0 spiro atoms. The Morgan fingerprint density at radius 2 is 1.75 bits per heavy atom. The number of rotatable bonds is 4. The van der Waals surface area contributed by atoms with Gasteiger partial charge in [0.25, 0.3) is 11.8 Å². The van der Waals surface area contributed by atoms with Gasteiger partial charge in [0, 0.05) is 5.56 Å². The molecule has 4 aromatic rings. The highest BCUT2D eigenvalue weighted by Crippen LogP contribution is 2.34. The van der Waals surface area contributed by atoms with E-state index < -0.39 is 23.1 Å². The predicted octanol–water partition coefficient (Wildman–Crippen LogP) is 5.13. The lowest BCUT2D eigenvalue weighted by molar-refractivity contribution is 0.102. The van der Waals surface area contributed by atoms with Crippen LogP contribution in [0.25, 0.3) is 22.2 Å². The Balaban J connectivity index is 1.60. The SMILES string of the molecule is O=C(Nc1ccsc1-c1nc(-c2ccc(F)cc2)no1)c1cc(F)ccc1F. The number of benzene rings is 2. The van der Waals surface area contributed by atoms with Gasteiger partial charge >= 0.3 is 0 Å². The van der Waals surface area contributed by atoms with E-state index in [-0.39, 0.29) is 17.5 Å². The summed E-state index contributed by atoms with van der Waals surface area (Å²) in [6.07, 6.45) is 0. The smallest absolute Gasteiger partial charge is 0.270 e. The molecule has 0 fully saturated rings. The zero-order valence-corrected chi connectivity index (χ0v) is 14.8. The Labute approximate surface area is 160 Å². The van der Waals surface area contributed by atoms with Crippen molar-refractivity contribution in [3.63, 3.8) is 0 Å². The monoisotopic (exact) mass is 401 g/mol. The zero-order valence-electron chi connectivity index (χ0n) is 13.9. The number of aromatic nitrogens is 2. The molecule has 2 aromatic carbocycles. The second-order valence-electron chi connectivity index (χ2n) is 5.67. The largest absolute Gasteiger partial charge is 0.333 e. The van der Waals surface area contributed by atoms with Gasteiger partial charge in [-0.05, 0) is 53.9 Å². The van der Waals surface area contributed by atoms with Gasteiger partial charge in [-0.3, -0.25) is 4.79 Å². The van der Waals surface area contributed by atoms with Crippen LogP contribution < -0.4 is 5.32 Å². The van der Waals surface area contributed by atoms with Crippen LogP contribution in [-0.4, -0.2) is 16.0 Å². The molecule has 4 rings (SSSR count). The predicted molar refractivity (Wildman–Crippen MR) is 97.3 cm³/mol. The third kappa shape index (κ3) is 3.52. The van der Waals surface area contributed by atoms with Gasteiger partial charge in [0.2, 0.25) is 5.82 Å². The molecule has 0 unspecified atom stereocenters. The Morgan fingerprint density at radius 3 is 2.54 bits per heavy atom. The third-order valence-electron chi connectivity index (χ3n) is 3.81. The quantitative estimate of drug-likeness (QED) is 0.515. The first-order valence-electron chi connectivity index (χ1n) is 7.95. The number of carbonyl (C=O) groups is 1. The minimum absolute atomic E-state index is 0.129. The second kappa shape index (κ2) is 7.28. The van der Waals surface area contributed by atoms with Crippen molar-refractivity contribution in [3.05, 3.63) is 76.9 Å². The highest BCUT2D eigenvalue weighted by atomic mass is 32.1. The molecule has 5 nitrogen and oxygen atoms in total. The number of halogens is 3. The molecule has 2 aromatic heterocycles. The van der Waals surface area contributed by atoms with Crippen LogP contribution >= 0.6 is 11.3 Å². The van der Waals surface area contributed by atoms with Crippen LogP contribution in [0.15, 0.2) is 58.4 Å². The molecule has 1 amide bonds. The summed E-state index contributed by atoms with van der Waals surface area (Å²) in [4.78, 5) is 17.0. The van der Waals surface area contributed by atoms with E-state index in [1.807, 2.05) is 0 Å². The fraction of sp³-hybridized carbons (Fsp3) is 0. The second-order valence-corrected chi connectivity index (χ2v) is 6.59. The summed E-state index contributed by atoms with van der Waals surface area (Å²) in [5.74, 6) is -2.39. The number of nitrogens with zero attached hydrogens (tertiary/aromatic N) is 2. The number of hydrogen-bond acceptors (Lipinski definition) is 5. The number of anilines is 1. The molecule has 0 saturated heterocycles. The van der Waals surface area contributed by atoms with E-state index in [0.717, 1.165) is 18.2 Å². The van der Waals surface area contributed by atoms with Gasteiger partial charge in [0.15, 0.2) is 0 Å². The van der Waals surface area contributed by atoms with Gasteiger partial charge in [-0.25, -0.2) is 13.2 Å². The van der Waals surface area contributed by atoms with Crippen LogP contribution in [-0.2, 0) is 0 Å². The lowest BCUT2D eigenvalue weighted by Gasteiger charge is -2.06. The normalized spacial score (nSPS) is 10.8. The lowest BCUT2D eigenvalue weighted by atomic mass is 10.2. The van der Waals surface area contributed by atoms with E-state index in [4.69, 9.17) is 4.52 Å². The molecule has 2 heterocycles. The van der Waals surface area contributed by atoms with Crippen LogP contribution in [0.2, 0.25) is 0 Å². The molecule has 0 aliphatic heterocycles. The van der Waals surface area contributed by atoms with E-state index >= 15 is 0 Å². The van der Waals surface area contributed by atoms with E-state index in [2.05, 4.69) is 15.5 Å². The number of carbonyl (C=O) groups excluding carboxylic acids is 1. The Morgan fingerprint density at radius 1 is 1.00 bits per heavy atom. The maximum Gasteiger partial charge on any atom is 0.270 e. The van der Waals surface area contributed by atoms with Crippen LogP contribution in [0, 0.1) is 17.5 Å². The summed E-state index contributed by atoms with van der Waals surface area (Å²) >= 11 is 1.22. The van der Waals surface area contributed by atoms with Gasteiger partial charge in [0.05, 0.1) is 11.3 Å². The van der Waals surface area contributed by atoms with Crippen LogP contribution in [0.5, 0.6) is 0 Å². The number of thiophene rings is 1. The minimum Gasteiger partial charge on any atom is -0.333 e. The summed E-state index contributed by atoms with van der Waals surface area (Å²) in [6, 6.07) is 9.77. The minimum atomic E-state index is -0.841. The zero-order chi connectivity index (χ0) is 19.7. The average molecular weight is 401 g/mol. The molecule has 0 radical (unpaired) electrons. The topological polar surface area (TPSA) is 68.0 Å². The summed E-state index contributed by atoms with van der Waals surface area (Å²) < 4.78 is 45.4. The molecule has 0 aliphatic carbocycles. The van der Waals surface area contributed by atoms with Crippen molar-refractivity contribution < 1.29 is 22.5 Å². The summed E-state index contributed by atoms with van der Waals surface area (Å²) in [5, 5.41) is 8.04. The van der Waals surface area contributed by atoms with Gasteiger partial charge in [-0.1, -0.05) is 5.16 Å². The van der Waals surface area contributed by atoms with E-state index in [0.29, 0.717) is 16.1 Å². The highest BCUT2D eigenvalue weighted by Gasteiger charge is 2.19. The fourth-order valence-corrected chi connectivity index (χ4v) is 3.24. The van der Waals surface area contributed by atoms with Crippen LogP contribution in [0.4, 0.5) is 18.9 Å². The number of amides is 1. The summed E-state index contributed by atoms with van der Waals surface area (Å²) in [5.41, 5.74) is 0.447. The first-order chi connectivity index (χ1) is 13.5. The van der Waals surface area contributed by atoms with Gasteiger partial charge in [-0.15, -0.1) is 11.3 Å². The molecule has 0 atom stereocenters. The molecule has 9 heteroatoms. The third-order valence-corrected chi connectivity index (χ3v) is 4.71. The van der Waals surface area contributed by atoms with Crippen molar-refractivity contribution >= 4 is 22.9 Å². The van der Waals surface area contributed by atoms with E-state index in [1.54, 1.807) is 11.4 Å². The van der Waals surface area contributed by atoms with Crippen molar-refractivity contribution in [2.75, 3.05) is 5.32 Å². The Hall–Kier alpha value is -3.46. The lowest BCUT2D eigenvalue weighted by Crippen LogP contribution is -2.14. The van der Waals surface area contributed by atoms with Crippen LogP contribution in [0.3, 0.4) is 0 Å². The van der Waals surface area contributed by atoms with E-state index in [1.165, 1.54) is 35.6 Å². The molecule has 0 saturated carbocycles. The standard InChI is InChI=1S/C19H10F3N3O2S/c20-11-3-1-10(2-4-11)17-24-19(27-25-17)16-15(7-8-28-16)23-18(26)13-9-12(21)5-6-14(13)22/h1-9H,(H,23,26). The molecular formula is C19H10F3N3O2S. The summed E-state index contributed by atoms with van der Waals surface area (Å²) in [7, 11) is 0. The highest BCUT2D eigenvalue weighted by molar-refractivity contribution is 7.14. The first-order valence-corrected chi connectivity index (χ1v) is 8.83. The van der Waals surface area contributed by atoms with Crippen molar-refractivity contribution in [2.45, 2.75) is 0 Å². The Bertz CT molecular complexity index is 1160. The molecule has 140 valence electrons. The van der Waals surface area contributed by atoms with Gasteiger partial charge in [0.1, 0.15) is 22.3 Å². The molecule has 0 aliphatic rings. The van der Waals surface area contributed by atoms with Gasteiger partial charge in [-0.2, -0.15) is 4.98 Å². The molecule has 1 N–H and O–H groups in total. The first kappa shape index (κ1) is 17.9. The molecule has 28 heavy (non-hydrogen) atoms. The molecule has 0 bridgehead atoms. The summed E-state index contributed by atoms with van der Waals surface area (Å²) in [6.45, 7) is 0. The van der Waals surface area contributed by atoms with Gasteiger partial charge < -0.3 is 9.84 Å². The molecular weight excluding hydrogens is 391 g/mol. The number of hydrogen-bond donors (Lipinski definition) is 1. The van der Waals surface area contributed by atoms with Crippen LogP contribution in [0.1, 0.15) is 10.4 Å². The van der Waals surface area contributed by atoms with Crippen molar-refractivity contribution in [1.82, 2.24) is 10.1 Å². The van der Waals surface area contributed by atoms with E-state index in [9.17, 15) is 18.0 Å². The van der Waals surface area contributed by atoms with Crippen molar-refractivity contribution in [3.8, 4) is 22.2 Å². The number of nitrogens with one attached hydrogen (secondary N) is 1. The van der Waals surface area contributed by atoms with Crippen molar-refractivity contribution in [1.29, 1.82) is 0 Å². The average Bonchev–Trinajstić information content (AvgIpc) is 3.33. The maximum atomic E-state index is 13.8. The Kier molecular flexibility index (Phi) is 4.66. The maximum absolute atomic E-state index is 13.8. The van der Waals surface area contributed by atoms with Crippen molar-refractivity contribution in [2.24, 2.45) is 0 Å².